The molecule has 0 saturated heterocycles. The van der Waals surface area contributed by atoms with Gasteiger partial charge in [0.15, 0.2) is 11.5 Å². The number of methoxy groups -OCH3 is 1. The van der Waals surface area contributed by atoms with Crippen molar-refractivity contribution in [3.8, 4) is 0 Å². The average Bonchev–Trinajstić information content (AvgIpc) is 3.07. The van der Waals surface area contributed by atoms with E-state index < -0.39 is 40.0 Å². The molecule has 4 aliphatic rings. The maximum absolute atomic E-state index is 17.4. The highest BCUT2D eigenvalue weighted by Gasteiger charge is 2.75. The Morgan fingerprint density at radius 3 is 2.68 bits per heavy atom. The van der Waals surface area contributed by atoms with Crippen molar-refractivity contribution in [3.63, 3.8) is 0 Å². The molecule has 0 aromatic rings. The normalized spacial score (nSPS) is 43.6. The first-order valence-corrected chi connectivity index (χ1v) is 13.4. The van der Waals surface area contributed by atoms with Crippen molar-refractivity contribution in [2.24, 2.45) is 33.7 Å². The maximum Gasteiger partial charge on any atom is 0.266 e. The quantitative estimate of drug-likeness (QED) is 0.335. The second-order valence-electron chi connectivity index (χ2n) is 11.7. The van der Waals surface area contributed by atoms with E-state index in [0.29, 0.717) is 38.2 Å². The topological polar surface area (TPSA) is 117 Å². The van der Waals surface area contributed by atoms with Crippen LogP contribution < -0.4 is 5.43 Å². The fourth-order valence-corrected chi connectivity index (χ4v) is 7.96. The zero-order chi connectivity index (χ0) is 27.2. The number of ether oxygens (including phenoxy) is 2. The molecule has 3 saturated carbocycles. The van der Waals surface area contributed by atoms with Crippen LogP contribution >= 0.6 is 0 Å². The molecule has 206 valence electrons. The van der Waals surface area contributed by atoms with E-state index in [2.05, 4.69) is 10.5 Å². The van der Waals surface area contributed by atoms with E-state index in [1.165, 1.54) is 0 Å². The maximum atomic E-state index is 17.4. The van der Waals surface area contributed by atoms with Gasteiger partial charge in [0.25, 0.3) is 5.91 Å². The Balaban J connectivity index is 1.58. The molecule has 0 aromatic heterocycles. The van der Waals surface area contributed by atoms with Gasteiger partial charge < -0.3 is 19.7 Å². The Kier molecular flexibility index (Phi) is 7.58. The summed E-state index contributed by atoms with van der Waals surface area (Å²) in [6, 6.07) is 0. The van der Waals surface area contributed by atoms with E-state index in [1.54, 1.807) is 32.3 Å². The number of ketones is 1. The molecular formula is C28H41FN2O6. The molecule has 4 aliphatic carbocycles. The number of amides is 1. The lowest BCUT2D eigenvalue weighted by Gasteiger charge is -2.62. The lowest BCUT2D eigenvalue weighted by atomic mass is 9.44. The predicted octanol–water partition coefficient (Wildman–Crippen LogP) is 2.88. The molecule has 0 bridgehead atoms. The summed E-state index contributed by atoms with van der Waals surface area (Å²) >= 11 is 0. The minimum absolute atomic E-state index is 0.0219. The number of rotatable bonds is 8. The number of alkyl halides is 1. The van der Waals surface area contributed by atoms with Gasteiger partial charge in [0.1, 0.15) is 12.2 Å². The Morgan fingerprint density at radius 2 is 2.00 bits per heavy atom. The van der Waals surface area contributed by atoms with Crippen molar-refractivity contribution in [1.29, 1.82) is 0 Å². The van der Waals surface area contributed by atoms with Gasteiger partial charge in [0, 0.05) is 30.3 Å². The number of hydrogen-bond donors (Lipinski definition) is 3. The second kappa shape index (κ2) is 9.98. The van der Waals surface area contributed by atoms with Crippen LogP contribution in [0.5, 0.6) is 0 Å². The second-order valence-corrected chi connectivity index (χ2v) is 11.7. The zero-order valence-electron chi connectivity index (χ0n) is 22.6. The number of halogens is 1. The van der Waals surface area contributed by atoms with Gasteiger partial charge in [-0.05, 0) is 56.6 Å². The van der Waals surface area contributed by atoms with Crippen LogP contribution in [-0.2, 0) is 19.1 Å². The Labute approximate surface area is 218 Å². The number of nitrogens with one attached hydrogen (secondary N) is 1. The number of aliphatic hydroxyl groups excluding tert-OH is 1. The lowest BCUT2D eigenvalue weighted by Crippen LogP contribution is -2.69. The molecule has 8 atom stereocenters. The van der Waals surface area contributed by atoms with Crippen LogP contribution in [0.25, 0.3) is 0 Å². The van der Waals surface area contributed by atoms with Crippen LogP contribution in [0.3, 0.4) is 0 Å². The smallest absolute Gasteiger partial charge is 0.266 e. The molecule has 0 aliphatic heterocycles. The Morgan fingerprint density at radius 1 is 1.27 bits per heavy atom. The van der Waals surface area contributed by atoms with Crippen molar-refractivity contribution >= 4 is 17.4 Å². The van der Waals surface area contributed by atoms with Gasteiger partial charge in [0.05, 0.1) is 25.0 Å². The first-order chi connectivity index (χ1) is 17.4. The molecule has 8 nitrogen and oxygen atoms in total. The molecule has 0 unspecified atom stereocenters. The highest BCUT2D eigenvalue weighted by atomic mass is 19.1. The van der Waals surface area contributed by atoms with Crippen LogP contribution in [0.15, 0.2) is 28.9 Å². The van der Waals surface area contributed by atoms with Crippen LogP contribution in [0.4, 0.5) is 4.39 Å². The van der Waals surface area contributed by atoms with Gasteiger partial charge in [-0.15, -0.1) is 0 Å². The van der Waals surface area contributed by atoms with Crippen molar-refractivity contribution in [3.05, 3.63) is 23.8 Å². The van der Waals surface area contributed by atoms with Crippen molar-refractivity contribution < 1.29 is 33.7 Å². The van der Waals surface area contributed by atoms with E-state index in [1.807, 2.05) is 20.8 Å². The summed E-state index contributed by atoms with van der Waals surface area (Å²) in [5.74, 6) is -1.67. The molecule has 0 heterocycles. The molecule has 0 aromatic carbocycles. The summed E-state index contributed by atoms with van der Waals surface area (Å²) in [6.07, 6.45) is 5.74. The van der Waals surface area contributed by atoms with Crippen molar-refractivity contribution in [2.45, 2.75) is 77.2 Å². The van der Waals surface area contributed by atoms with Gasteiger partial charge in [-0.3, -0.25) is 9.59 Å². The van der Waals surface area contributed by atoms with Crippen LogP contribution in [0, 0.1) is 28.6 Å². The molecule has 9 heteroatoms. The number of aliphatic hydroxyl groups is 2. The van der Waals surface area contributed by atoms with Crippen molar-refractivity contribution in [1.82, 2.24) is 5.43 Å². The predicted molar refractivity (Wildman–Crippen MR) is 136 cm³/mol. The minimum Gasteiger partial charge on any atom is -0.390 e. The number of hydrazone groups is 1. The van der Waals surface area contributed by atoms with Crippen LogP contribution in [0.2, 0.25) is 0 Å². The van der Waals surface area contributed by atoms with Gasteiger partial charge in [-0.1, -0.05) is 32.4 Å². The van der Waals surface area contributed by atoms with Crippen LogP contribution in [0.1, 0.15) is 59.8 Å². The lowest BCUT2D eigenvalue weighted by molar-refractivity contribution is -0.218. The summed E-state index contributed by atoms with van der Waals surface area (Å²) in [4.78, 5) is 25.0. The third-order valence-electron chi connectivity index (χ3n) is 9.96. The molecule has 0 radical (unpaired) electrons. The fourth-order valence-electron chi connectivity index (χ4n) is 7.96. The van der Waals surface area contributed by atoms with Gasteiger partial charge >= 0.3 is 0 Å². The fraction of sp³-hybridized carbons (Fsp3) is 0.750. The van der Waals surface area contributed by atoms with E-state index in [9.17, 15) is 19.8 Å². The number of allylic oxidation sites excluding steroid dienone is 4. The van der Waals surface area contributed by atoms with Gasteiger partial charge in [0.2, 0.25) is 0 Å². The number of carbonyl (C=O) groups is 2. The standard InChI is InChI=1S/C28H41FN2O6/c1-6-22(32)28(35)17(2)13-21-20-8-7-18-14-19(30-31-24(34)16-37-12-11-36-5)9-10-25(18,3)27(20,29)23(33)15-26(21,28)4/h9-10,14,17,20-21,23,33,35H,6-8,11-13,15-16H2,1-5H3,(H,31,34)/b30-19+/t17-,20+,21+,23+,25+,26+,27+,28+/m1/s1. The number of Topliss-reactive ketones (excluding diaryl/α,β-unsaturated/α-hetero) is 1. The summed E-state index contributed by atoms with van der Waals surface area (Å²) in [7, 11) is 1.55. The SMILES string of the molecule is CCC(=O)[C@@]1(O)[C@H](C)C[C@H]2[C@@H]3CCC4=C/C(=N/NC(=O)COCCOC)C=C[C@]4(C)[C@@]3(F)[C@@H](O)C[C@@]21C. The van der Waals surface area contributed by atoms with E-state index >= 15 is 4.39 Å². The molecule has 1 amide bonds. The number of hydrogen-bond acceptors (Lipinski definition) is 7. The molecule has 37 heavy (non-hydrogen) atoms. The van der Waals surface area contributed by atoms with E-state index in [-0.39, 0.29) is 37.1 Å². The average molecular weight is 521 g/mol. The summed E-state index contributed by atoms with van der Waals surface area (Å²) in [6.45, 7) is 7.84. The Bertz CT molecular complexity index is 1030. The van der Waals surface area contributed by atoms with E-state index in [4.69, 9.17) is 9.47 Å². The first-order valence-electron chi connectivity index (χ1n) is 13.4. The molecule has 0 spiro atoms. The third-order valence-corrected chi connectivity index (χ3v) is 9.96. The minimum atomic E-state index is -1.96. The summed E-state index contributed by atoms with van der Waals surface area (Å²) < 4.78 is 27.5. The number of carbonyl (C=O) groups excluding carboxylic acids is 2. The number of nitrogens with zero attached hydrogens (tertiary/aromatic N) is 1. The van der Waals surface area contributed by atoms with Crippen molar-refractivity contribution in [2.75, 3.05) is 26.9 Å². The zero-order valence-corrected chi connectivity index (χ0v) is 22.6. The largest absolute Gasteiger partial charge is 0.390 e. The highest BCUT2D eigenvalue weighted by molar-refractivity contribution is 6.06. The first kappa shape index (κ1) is 28.1. The third kappa shape index (κ3) is 4.04. The van der Waals surface area contributed by atoms with Crippen LogP contribution in [-0.4, -0.2) is 71.9 Å². The van der Waals surface area contributed by atoms with Gasteiger partial charge in [-0.2, -0.15) is 5.10 Å². The molecule has 3 fully saturated rings. The molecule has 3 N–H and O–H groups in total. The molecular weight excluding hydrogens is 479 g/mol. The Hall–Kier alpha value is -1.94. The number of fused-ring (bicyclic) bond motifs is 5. The summed E-state index contributed by atoms with van der Waals surface area (Å²) in [5, 5.41) is 27.3. The van der Waals surface area contributed by atoms with Gasteiger partial charge in [-0.25, -0.2) is 9.82 Å². The molecule has 4 rings (SSSR count). The summed E-state index contributed by atoms with van der Waals surface area (Å²) in [5.41, 5.74) is -1.72. The van der Waals surface area contributed by atoms with E-state index in [0.717, 1.165) is 5.57 Å². The monoisotopic (exact) mass is 520 g/mol. The highest BCUT2D eigenvalue weighted by Crippen LogP contribution is 2.70.